The van der Waals surface area contributed by atoms with Gasteiger partial charge in [-0.15, -0.1) is 0 Å². The predicted molar refractivity (Wildman–Crippen MR) is 52.0 cm³/mol. The Bertz CT molecular complexity index is 331. The monoisotopic (exact) mass is 177 g/mol. The molecule has 0 saturated carbocycles. The molecule has 0 N–H and O–H groups in total. The molecule has 1 aromatic rings. The van der Waals surface area contributed by atoms with Gasteiger partial charge in [-0.2, -0.15) is 0 Å². The van der Waals surface area contributed by atoms with Crippen molar-refractivity contribution in [3.63, 3.8) is 0 Å². The Morgan fingerprint density at radius 2 is 2.15 bits per heavy atom. The second-order valence-electron chi connectivity index (χ2n) is 4.50. The minimum Gasteiger partial charge on any atom is -0.495 e. The van der Waals surface area contributed by atoms with E-state index < -0.39 is 0 Å². The van der Waals surface area contributed by atoms with Crippen LogP contribution in [0.15, 0.2) is 12.3 Å². The molecule has 0 aromatic carbocycles. The molecule has 2 rings (SSSR count). The van der Waals surface area contributed by atoms with Crippen LogP contribution in [0.2, 0.25) is 0 Å². The maximum absolute atomic E-state index is 5.15. The van der Waals surface area contributed by atoms with E-state index in [4.69, 9.17) is 4.74 Å². The summed E-state index contributed by atoms with van der Waals surface area (Å²) in [5, 5.41) is 0. The maximum atomic E-state index is 5.15. The lowest BCUT2D eigenvalue weighted by atomic mass is 9.91. The van der Waals surface area contributed by atoms with Gasteiger partial charge in [0, 0.05) is 5.69 Å². The Morgan fingerprint density at radius 3 is 2.85 bits per heavy atom. The normalized spacial score (nSPS) is 18.4. The fourth-order valence-electron chi connectivity index (χ4n) is 1.97. The Balaban J connectivity index is 2.36. The van der Waals surface area contributed by atoms with Gasteiger partial charge >= 0.3 is 0 Å². The quantitative estimate of drug-likeness (QED) is 0.656. The smallest absolute Gasteiger partial charge is 0.137 e. The molecule has 0 unspecified atom stereocenters. The summed E-state index contributed by atoms with van der Waals surface area (Å²) in [5.74, 6) is 0.872. The summed E-state index contributed by atoms with van der Waals surface area (Å²) in [5.41, 5.74) is 2.97. The highest BCUT2D eigenvalue weighted by Crippen LogP contribution is 2.36. The van der Waals surface area contributed by atoms with Gasteiger partial charge in [0.2, 0.25) is 0 Å². The molecule has 1 aliphatic rings. The SMILES string of the molecule is COc1cnc2c(c1)CC(C)(C)C2. The summed E-state index contributed by atoms with van der Waals surface area (Å²) in [6.45, 7) is 4.56. The molecular formula is C11H15NO. The third-order valence-corrected chi connectivity index (χ3v) is 2.59. The minimum absolute atomic E-state index is 0.377. The topological polar surface area (TPSA) is 22.1 Å². The highest BCUT2D eigenvalue weighted by atomic mass is 16.5. The van der Waals surface area contributed by atoms with Crippen molar-refractivity contribution in [1.82, 2.24) is 4.98 Å². The number of pyridine rings is 1. The second-order valence-corrected chi connectivity index (χ2v) is 4.50. The van der Waals surface area contributed by atoms with E-state index in [1.165, 1.54) is 11.3 Å². The fraction of sp³-hybridized carbons (Fsp3) is 0.545. The molecule has 0 fully saturated rings. The van der Waals surface area contributed by atoms with E-state index in [-0.39, 0.29) is 0 Å². The van der Waals surface area contributed by atoms with E-state index in [0.29, 0.717) is 5.41 Å². The molecule has 13 heavy (non-hydrogen) atoms. The van der Waals surface area contributed by atoms with Crippen molar-refractivity contribution in [3.8, 4) is 5.75 Å². The van der Waals surface area contributed by atoms with Crippen molar-refractivity contribution in [3.05, 3.63) is 23.5 Å². The first-order valence-corrected chi connectivity index (χ1v) is 4.62. The molecule has 0 atom stereocenters. The Labute approximate surface area is 78.9 Å². The lowest BCUT2D eigenvalue weighted by Crippen LogP contribution is -2.09. The minimum atomic E-state index is 0.377. The van der Waals surface area contributed by atoms with Crippen LogP contribution in [0.25, 0.3) is 0 Å². The highest BCUT2D eigenvalue weighted by molar-refractivity contribution is 5.34. The molecule has 0 spiro atoms. The molecule has 1 aliphatic carbocycles. The van der Waals surface area contributed by atoms with Crippen molar-refractivity contribution in [2.45, 2.75) is 26.7 Å². The molecule has 2 heteroatoms. The first kappa shape index (κ1) is 8.54. The summed E-state index contributed by atoms with van der Waals surface area (Å²) >= 11 is 0. The second kappa shape index (κ2) is 2.72. The number of nitrogens with zero attached hydrogens (tertiary/aromatic N) is 1. The molecular weight excluding hydrogens is 162 g/mol. The Morgan fingerprint density at radius 1 is 1.38 bits per heavy atom. The van der Waals surface area contributed by atoms with Crippen molar-refractivity contribution in [2.75, 3.05) is 7.11 Å². The largest absolute Gasteiger partial charge is 0.495 e. The molecule has 0 aliphatic heterocycles. The summed E-state index contributed by atoms with van der Waals surface area (Å²) in [6, 6.07) is 2.11. The lowest BCUT2D eigenvalue weighted by molar-refractivity contribution is 0.390. The van der Waals surface area contributed by atoms with Crippen LogP contribution in [0.3, 0.4) is 0 Å². The van der Waals surface area contributed by atoms with E-state index in [0.717, 1.165) is 18.6 Å². The Hall–Kier alpha value is -1.05. The van der Waals surface area contributed by atoms with Gasteiger partial charge in [-0.25, -0.2) is 0 Å². The Kier molecular flexibility index (Phi) is 1.79. The number of aromatic nitrogens is 1. The van der Waals surface area contributed by atoms with Crippen LogP contribution in [0.5, 0.6) is 5.75 Å². The third-order valence-electron chi connectivity index (χ3n) is 2.59. The predicted octanol–water partition coefficient (Wildman–Crippen LogP) is 2.21. The molecule has 0 radical (unpaired) electrons. The van der Waals surface area contributed by atoms with Crippen LogP contribution in [-0.4, -0.2) is 12.1 Å². The number of hydrogen-bond donors (Lipinski definition) is 0. The zero-order chi connectivity index (χ0) is 9.47. The molecule has 0 saturated heterocycles. The third kappa shape index (κ3) is 1.53. The van der Waals surface area contributed by atoms with Crippen LogP contribution >= 0.6 is 0 Å². The van der Waals surface area contributed by atoms with E-state index >= 15 is 0 Å². The van der Waals surface area contributed by atoms with Crippen LogP contribution in [0, 0.1) is 5.41 Å². The fourth-order valence-corrected chi connectivity index (χ4v) is 1.97. The highest BCUT2D eigenvalue weighted by Gasteiger charge is 2.29. The van der Waals surface area contributed by atoms with Gasteiger partial charge in [-0.05, 0) is 29.9 Å². The van der Waals surface area contributed by atoms with Crippen LogP contribution in [0.4, 0.5) is 0 Å². The van der Waals surface area contributed by atoms with E-state index in [1.807, 2.05) is 0 Å². The first-order chi connectivity index (χ1) is 6.11. The molecule has 0 amide bonds. The average molecular weight is 177 g/mol. The number of fused-ring (bicyclic) bond motifs is 1. The average Bonchev–Trinajstić information content (AvgIpc) is 2.36. The van der Waals surface area contributed by atoms with Gasteiger partial charge in [0.15, 0.2) is 0 Å². The van der Waals surface area contributed by atoms with Gasteiger partial charge in [0.25, 0.3) is 0 Å². The molecule has 2 nitrogen and oxygen atoms in total. The van der Waals surface area contributed by atoms with E-state index in [2.05, 4.69) is 24.9 Å². The summed E-state index contributed by atoms with van der Waals surface area (Å²) in [6.07, 6.45) is 4.01. The molecule has 0 bridgehead atoms. The van der Waals surface area contributed by atoms with Crippen LogP contribution in [-0.2, 0) is 12.8 Å². The number of rotatable bonds is 1. The molecule has 70 valence electrons. The van der Waals surface area contributed by atoms with E-state index in [1.54, 1.807) is 13.3 Å². The van der Waals surface area contributed by atoms with Gasteiger partial charge < -0.3 is 4.74 Å². The molecule has 1 aromatic heterocycles. The van der Waals surface area contributed by atoms with Crippen molar-refractivity contribution in [1.29, 1.82) is 0 Å². The zero-order valence-electron chi connectivity index (χ0n) is 8.42. The maximum Gasteiger partial charge on any atom is 0.137 e. The number of ether oxygens (including phenoxy) is 1. The first-order valence-electron chi connectivity index (χ1n) is 4.62. The van der Waals surface area contributed by atoms with Crippen LogP contribution in [0.1, 0.15) is 25.1 Å². The zero-order valence-corrected chi connectivity index (χ0v) is 8.42. The van der Waals surface area contributed by atoms with Crippen LogP contribution < -0.4 is 4.74 Å². The van der Waals surface area contributed by atoms with Crippen molar-refractivity contribution in [2.24, 2.45) is 5.41 Å². The number of methoxy groups -OCH3 is 1. The van der Waals surface area contributed by atoms with Crippen molar-refractivity contribution >= 4 is 0 Å². The number of hydrogen-bond acceptors (Lipinski definition) is 2. The lowest BCUT2D eigenvalue weighted by Gasteiger charge is -2.14. The van der Waals surface area contributed by atoms with Gasteiger partial charge in [-0.3, -0.25) is 4.98 Å². The van der Waals surface area contributed by atoms with Gasteiger partial charge in [0.05, 0.1) is 13.3 Å². The summed E-state index contributed by atoms with van der Waals surface area (Å²) < 4.78 is 5.15. The van der Waals surface area contributed by atoms with Gasteiger partial charge in [-0.1, -0.05) is 13.8 Å². The summed E-state index contributed by atoms with van der Waals surface area (Å²) in [7, 11) is 1.68. The van der Waals surface area contributed by atoms with Gasteiger partial charge in [0.1, 0.15) is 5.75 Å². The van der Waals surface area contributed by atoms with E-state index in [9.17, 15) is 0 Å². The summed E-state index contributed by atoms with van der Waals surface area (Å²) in [4.78, 5) is 4.40. The molecule has 1 heterocycles. The van der Waals surface area contributed by atoms with Crippen molar-refractivity contribution < 1.29 is 4.74 Å². The standard InChI is InChI=1S/C11H15NO/c1-11(2)5-8-4-9(13-3)7-12-10(8)6-11/h4,7H,5-6H2,1-3H3.